The molecule has 0 spiro atoms. The van der Waals surface area contributed by atoms with E-state index >= 15 is 0 Å². The lowest BCUT2D eigenvalue weighted by atomic mass is 9.82. The second-order valence-corrected chi connectivity index (χ2v) is 5.76. The van der Waals surface area contributed by atoms with Crippen molar-refractivity contribution in [2.75, 3.05) is 26.8 Å². The first-order valence-corrected chi connectivity index (χ1v) is 7.18. The molecule has 0 bridgehead atoms. The first-order chi connectivity index (χ1) is 8.72. The molecule has 0 amide bonds. The van der Waals surface area contributed by atoms with Gasteiger partial charge in [-0.2, -0.15) is 0 Å². The summed E-state index contributed by atoms with van der Waals surface area (Å²) >= 11 is 0. The normalized spacial score (nSPS) is 34.4. The molecule has 104 valence electrons. The van der Waals surface area contributed by atoms with Crippen LogP contribution >= 0.6 is 0 Å². The van der Waals surface area contributed by atoms with E-state index in [9.17, 15) is 9.90 Å². The van der Waals surface area contributed by atoms with Gasteiger partial charge in [0.25, 0.3) is 0 Å². The topological polar surface area (TPSA) is 49.8 Å². The Labute approximate surface area is 109 Å². The summed E-state index contributed by atoms with van der Waals surface area (Å²) in [6.07, 6.45) is 6.55. The molecule has 3 unspecified atom stereocenters. The summed E-state index contributed by atoms with van der Waals surface area (Å²) in [4.78, 5) is 13.8. The Balaban J connectivity index is 1.97. The Bertz CT molecular complexity index is 280. The molecule has 4 heteroatoms. The van der Waals surface area contributed by atoms with Crippen molar-refractivity contribution in [3.63, 3.8) is 0 Å². The van der Waals surface area contributed by atoms with Crippen LogP contribution in [0.15, 0.2) is 0 Å². The van der Waals surface area contributed by atoms with Gasteiger partial charge < -0.3 is 9.84 Å². The largest absolute Gasteiger partial charge is 0.481 e. The molecular formula is C14H25NO3. The van der Waals surface area contributed by atoms with Gasteiger partial charge in [0.1, 0.15) is 0 Å². The highest BCUT2D eigenvalue weighted by Gasteiger charge is 2.36. The molecule has 2 rings (SSSR count). The SMILES string of the molecule is COCC1CCCN(C2CCCCC2C(=O)O)C1. The summed E-state index contributed by atoms with van der Waals surface area (Å²) in [6, 6.07) is 0.260. The Kier molecular flexibility index (Phi) is 5.01. The maximum Gasteiger partial charge on any atom is 0.308 e. The molecule has 0 radical (unpaired) electrons. The van der Waals surface area contributed by atoms with E-state index in [1.165, 1.54) is 19.3 Å². The highest BCUT2D eigenvalue weighted by atomic mass is 16.5. The van der Waals surface area contributed by atoms with Gasteiger partial charge in [-0.05, 0) is 38.1 Å². The Morgan fingerprint density at radius 3 is 2.78 bits per heavy atom. The quantitative estimate of drug-likeness (QED) is 0.834. The number of ether oxygens (including phenoxy) is 1. The van der Waals surface area contributed by atoms with Crippen molar-refractivity contribution in [2.24, 2.45) is 11.8 Å². The molecule has 1 aliphatic heterocycles. The lowest BCUT2D eigenvalue weighted by molar-refractivity contribution is -0.146. The van der Waals surface area contributed by atoms with Crippen LogP contribution in [-0.4, -0.2) is 48.8 Å². The number of carboxylic acid groups (broad SMARTS) is 1. The third-order valence-corrected chi connectivity index (χ3v) is 4.47. The van der Waals surface area contributed by atoms with Crippen LogP contribution in [0.3, 0.4) is 0 Å². The molecule has 1 saturated carbocycles. The summed E-state index contributed by atoms with van der Waals surface area (Å²) in [7, 11) is 1.75. The minimum absolute atomic E-state index is 0.153. The predicted molar refractivity (Wildman–Crippen MR) is 69.6 cm³/mol. The van der Waals surface area contributed by atoms with Gasteiger partial charge in [-0.15, -0.1) is 0 Å². The zero-order valence-corrected chi connectivity index (χ0v) is 11.3. The van der Waals surface area contributed by atoms with Gasteiger partial charge in [0.05, 0.1) is 12.5 Å². The van der Waals surface area contributed by atoms with E-state index in [4.69, 9.17) is 4.74 Å². The molecule has 0 aromatic heterocycles. The fourth-order valence-corrected chi connectivity index (χ4v) is 3.61. The summed E-state index contributed by atoms with van der Waals surface area (Å²) in [6.45, 7) is 2.89. The molecule has 1 saturated heterocycles. The minimum atomic E-state index is -0.603. The zero-order chi connectivity index (χ0) is 13.0. The second kappa shape index (κ2) is 6.53. The van der Waals surface area contributed by atoms with Crippen molar-refractivity contribution in [3.8, 4) is 0 Å². The highest BCUT2D eigenvalue weighted by molar-refractivity contribution is 5.71. The van der Waals surface area contributed by atoms with Crippen LogP contribution in [0.2, 0.25) is 0 Å². The number of hydrogen-bond donors (Lipinski definition) is 1. The molecule has 1 heterocycles. The molecule has 1 N–H and O–H groups in total. The lowest BCUT2D eigenvalue weighted by Crippen LogP contribution is -2.50. The minimum Gasteiger partial charge on any atom is -0.481 e. The first kappa shape index (κ1) is 13.8. The van der Waals surface area contributed by atoms with E-state index in [1.54, 1.807) is 7.11 Å². The van der Waals surface area contributed by atoms with Crippen molar-refractivity contribution >= 4 is 5.97 Å². The van der Waals surface area contributed by atoms with Crippen LogP contribution in [0.4, 0.5) is 0 Å². The predicted octanol–water partition coefficient (Wildman–Crippen LogP) is 1.99. The van der Waals surface area contributed by atoms with Gasteiger partial charge in [-0.25, -0.2) is 0 Å². The van der Waals surface area contributed by atoms with Crippen LogP contribution in [0.5, 0.6) is 0 Å². The fourth-order valence-electron chi connectivity index (χ4n) is 3.61. The third kappa shape index (κ3) is 3.23. The van der Waals surface area contributed by atoms with Gasteiger partial charge in [-0.3, -0.25) is 9.69 Å². The average Bonchev–Trinajstić information content (AvgIpc) is 2.39. The van der Waals surface area contributed by atoms with E-state index < -0.39 is 5.97 Å². The van der Waals surface area contributed by atoms with Gasteiger partial charge in [0, 0.05) is 19.7 Å². The van der Waals surface area contributed by atoms with Crippen LogP contribution in [-0.2, 0) is 9.53 Å². The van der Waals surface area contributed by atoms with E-state index in [-0.39, 0.29) is 12.0 Å². The van der Waals surface area contributed by atoms with Gasteiger partial charge in [0.2, 0.25) is 0 Å². The summed E-state index contributed by atoms with van der Waals surface area (Å²) < 4.78 is 5.25. The molecule has 1 aliphatic carbocycles. The van der Waals surface area contributed by atoms with Gasteiger partial charge in [-0.1, -0.05) is 12.8 Å². The van der Waals surface area contributed by atoms with Crippen molar-refractivity contribution in [2.45, 2.75) is 44.6 Å². The van der Waals surface area contributed by atoms with Crippen molar-refractivity contribution in [1.82, 2.24) is 4.90 Å². The molecule has 18 heavy (non-hydrogen) atoms. The Morgan fingerprint density at radius 2 is 2.06 bits per heavy atom. The number of methoxy groups -OCH3 is 1. The lowest BCUT2D eigenvalue weighted by Gasteiger charge is -2.42. The van der Waals surface area contributed by atoms with Crippen molar-refractivity contribution in [1.29, 1.82) is 0 Å². The first-order valence-electron chi connectivity index (χ1n) is 7.18. The van der Waals surface area contributed by atoms with Crippen LogP contribution < -0.4 is 0 Å². The van der Waals surface area contributed by atoms with E-state index in [2.05, 4.69) is 4.90 Å². The number of rotatable bonds is 4. The summed E-state index contributed by atoms with van der Waals surface area (Å²) in [5, 5.41) is 9.36. The van der Waals surface area contributed by atoms with E-state index in [1.807, 2.05) is 0 Å². The monoisotopic (exact) mass is 255 g/mol. The maximum absolute atomic E-state index is 11.4. The van der Waals surface area contributed by atoms with E-state index in [0.717, 1.165) is 39.0 Å². The van der Waals surface area contributed by atoms with Crippen LogP contribution in [0, 0.1) is 11.8 Å². The number of carboxylic acids is 1. The Hall–Kier alpha value is -0.610. The molecule has 2 aliphatic rings. The molecule has 0 aromatic rings. The highest BCUT2D eigenvalue weighted by Crippen LogP contribution is 2.31. The number of aliphatic carboxylic acids is 1. The third-order valence-electron chi connectivity index (χ3n) is 4.47. The molecule has 0 aromatic carbocycles. The molecule has 4 nitrogen and oxygen atoms in total. The Morgan fingerprint density at radius 1 is 1.28 bits per heavy atom. The number of nitrogens with zero attached hydrogens (tertiary/aromatic N) is 1. The van der Waals surface area contributed by atoms with Gasteiger partial charge >= 0.3 is 5.97 Å². The second-order valence-electron chi connectivity index (χ2n) is 5.76. The van der Waals surface area contributed by atoms with E-state index in [0.29, 0.717) is 5.92 Å². The maximum atomic E-state index is 11.4. The standard InChI is InChI=1S/C14H25NO3/c1-18-10-11-5-4-8-15(9-11)13-7-3-2-6-12(13)14(16)17/h11-13H,2-10H2,1H3,(H,16,17). The number of likely N-dealkylation sites (tertiary alicyclic amines) is 1. The number of hydrogen-bond acceptors (Lipinski definition) is 3. The number of piperidine rings is 1. The molecule has 2 fully saturated rings. The van der Waals surface area contributed by atoms with Crippen molar-refractivity contribution < 1.29 is 14.6 Å². The average molecular weight is 255 g/mol. The van der Waals surface area contributed by atoms with Gasteiger partial charge in [0.15, 0.2) is 0 Å². The van der Waals surface area contributed by atoms with Crippen molar-refractivity contribution in [3.05, 3.63) is 0 Å². The fraction of sp³-hybridized carbons (Fsp3) is 0.929. The van der Waals surface area contributed by atoms with Crippen LogP contribution in [0.1, 0.15) is 38.5 Å². The summed E-state index contributed by atoms with van der Waals surface area (Å²) in [5.41, 5.74) is 0. The zero-order valence-electron chi connectivity index (χ0n) is 11.3. The molecular weight excluding hydrogens is 230 g/mol. The number of carbonyl (C=O) groups is 1. The molecule has 3 atom stereocenters. The smallest absolute Gasteiger partial charge is 0.308 e. The van der Waals surface area contributed by atoms with Crippen LogP contribution in [0.25, 0.3) is 0 Å². The summed E-state index contributed by atoms with van der Waals surface area (Å²) in [5.74, 6) is -0.172.